The summed E-state index contributed by atoms with van der Waals surface area (Å²) < 4.78 is 0. The summed E-state index contributed by atoms with van der Waals surface area (Å²) in [6.45, 7) is 39.9. The first kappa shape index (κ1) is 78.3. The van der Waals surface area contributed by atoms with Crippen LogP contribution in [0.25, 0.3) is 22.3 Å². The average Bonchev–Trinajstić information content (AvgIpc) is 1.60. The normalized spacial score (nSPS) is 16.6. The van der Waals surface area contributed by atoms with Gasteiger partial charge >= 0.3 is 0 Å². The van der Waals surface area contributed by atoms with Crippen molar-refractivity contribution in [1.82, 2.24) is 19.9 Å². The number of para-hydroxylation sites is 11. The maximum Gasteiger partial charge on any atom is 0.108 e. The van der Waals surface area contributed by atoms with Crippen LogP contribution in [0.5, 0.6) is 0 Å². The Morgan fingerprint density at radius 2 is 0.513 bits per heavy atom. The predicted octanol–water partition coefficient (Wildman–Crippen LogP) is 27.1. The number of benzene rings is 9. The lowest BCUT2D eigenvalue weighted by Crippen LogP contribution is -2.44. The molecule has 1 fully saturated rings. The molecule has 584 valence electrons. The lowest BCUT2D eigenvalue weighted by Gasteiger charge is -2.35. The van der Waals surface area contributed by atoms with E-state index in [1.54, 1.807) is 0 Å². The maximum atomic E-state index is 4.66. The lowest BCUT2D eigenvalue weighted by atomic mass is 9.91. The van der Waals surface area contributed by atoms with Crippen LogP contribution < -0.4 is 39.2 Å². The van der Waals surface area contributed by atoms with Gasteiger partial charge in [0.1, 0.15) is 24.7 Å². The van der Waals surface area contributed by atoms with E-state index in [0.717, 1.165) is 22.8 Å². The molecule has 13 aromatic rings. The molecular weight excluding hydrogens is 1410 g/mol. The molecule has 115 heavy (non-hydrogen) atoms. The van der Waals surface area contributed by atoms with E-state index in [1.807, 2.05) is 24.8 Å². The van der Waals surface area contributed by atoms with Gasteiger partial charge in [0.2, 0.25) is 0 Å². The van der Waals surface area contributed by atoms with Crippen LogP contribution in [0.4, 0.5) is 85.3 Å². The molecule has 18 rings (SSSR count). The van der Waals surface area contributed by atoms with Crippen molar-refractivity contribution in [3.8, 4) is 22.3 Å². The Kier molecular flexibility index (Phi) is 22.6. The van der Waals surface area contributed by atoms with Crippen LogP contribution in [-0.2, 0) is 0 Å². The molecule has 0 amide bonds. The summed E-state index contributed by atoms with van der Waals surface area (Å²) in [6, 6.07) is 85.6. The average molecular weight is 1520 g/mol. The summed E-state index contributed by atoms with van der Waals surface area (Å²) in [7, 11) is 0. The minimum atomic E-state index is 0.0522. The molecule has 9 aromatic carbocycles. The van der Waals surface area contributed by atoms with Crippen molar-refractivity contribution >= 4 is 85.3 Å². The summed E-state index contributed by atoms with van der Waals surface area (Å²) in [5, 5.41) is 0. The van der Waals surface area contributed by atoms with Crippen molar-refractivity contribution in [3.05, 3.63) is 329 Å². The summed E-state index contributed by atoms with van der Waals surface area (Å²) >= 11 is 0. The van der Waals surface area contributed by atoms with Gasteiger partial charge in [-0.1, -0.05) is 204 Å². The van der Waals surface area contributed by atoms with E-state index < -0.39 is 0 Å². The van der Waals surface area contributed by atoms with Crippen LogP contribution in [0, 0.1) is 69.2 Å². The highest BCUT2D eigenvalue weighted by molar-refractivity contribution is 6.00. The fourth-order valence-electron chi connectivity index (χ4n) is 19.1. The molecule has 0 N–H and O–H groups in total. The molecule has 0 unspecified atom stereocenters. The van der Waals surface area contributed by atoms with Crippen LogP contribution >= 0.6 is 0 Å². The molecule has 0 radical (unpaired) electrons. The van der Waals surface area contributed by atoms with E-state index >= 15 is 0 Å². The predicted molar refractivity (Wildman–Crippen MR) is 486 cm³/mol. The van der Waals surface area contributed by atoms with Crippen molar-refractivity contribution in [1.29, 1.82) is 0 Å². The van der Waals surface area contributed by atoms with E-state index in [2.05, 4.69) is 420 Å². The van der Waals surface area contributed by atoms with Gasteiger partial charge < -0.3 is 39.2 Å². The summed E-state index contributed by atoms with van der Waals surface area (Å²) in [5.41, 5.74) is 38.5. The van der Waals surface area contributed by atoms with Gasteiger partial charge in [0.05, 0.1) is 102 Å². The largest absolute Gasteiger partial charge is 0.346 e. The monoisotopic (exact) mass is 1520 g/mol. The minimum Gasteiger partial charge on any atom is -0.346 e. The molecule has 0 bridgehead atoms. The Morgan fingerprint density at radius 3 is 0.843 bits per heavy atom. The van der Waals surface area contributed by atoms with Crippen molar-refractivity contribution in [2.45, 2.75) is 193 Å². The molecule has 0 spiro atoms. The summed E-state index contributed by atoms with van der Waals surface area (Å²) in [5.74, 6) is 0.906. The van der Waals surface area contributed by atoms with E-state index in [4.69, 9.17) is 0 Å². The second-order valence-electron chi connectivity index (χ2n) is 32.4. The van der Waals surface area contributed by atoms with Gasteiger partial charge in [0.25, 0.3) is 0 Å². The zero-order chi connectivity index (χ0) is 80.6. The SMILES string of the molecule is Cc1cccc(C)c1N1c2ccccc2N(c2c(C)ccnc2C)[C@@H]1C.Cc1ccnc(C)c1N1c2ccccc2N(C2CCCC2)[C@H]1C.Cc1ccnc(C)c1N1c2ccccc2N(c2c(-c3ccccc3)cccc2-c2ccccc2)[C@H]1C.Cc1ccnc(C)c1N1c2ccccc2N(c2c(C(C)C)cccc2C(C)C)[C@H]1C. The third-order valence-electron chi connectivity index (χ3n) is 24.3. The highest BCUT2D eigenvalue weighted by Crippen LogP contribution is 2.57. The van der Waals surface area contributed by atoms with Crippen molar-refractivity contribution < 1.29 is 0 Å². The van der Waals surface area contributed by atoms with Crippen molar-refractivity contribution in [2.24, 2.45) is 0 Å². The van der Waals surface area contributed by atoms with Crippen LogP contribution in [0.15, 0.2) is 261 Å². The Bertz CT molecular complexity index is 5390. The maximum absolute atomic E-state index is 4.66. The third-order valence-corrected chi connectivity index (χ3v) is 24.3. The standard InChI is InChI=1S/C33H29N3.C27H33N3.C23H25N3.C20H25N3/c1-23-21-22-34-24(2)32(23)35-25(3)36(31-20-11-10-19-30(31)35)33-28(26-13-6-4-7-14-26)17-12-18-29(33)27-15-8-5-9-16-27;1-17(2)22-11-10-12-23(18(3)4)27(22)30-21(7)29(24-13-8-9-14-25(24)30)26-19(5)15-16-28-20(26)6;1-15-9-8-10-16(2)22(15)25-19(5)26(21-12-7-6-11-20(21)25)23-17(3)13-14-24-18(23)4;1-14-12-13-21-15(2)20(14)23-16(3)22(17-8-4-5-9-17)18-10-6-7-11-19(18)23/h4-22,25H,1-3H3;8-18,21H,1-7H3;6-14,19H,1-5H3;6-7,10-13,16-17H,4-5,8-9H2,1-3H3/t25-;21-;19-;16-/m0011/s1. The van der Waals surface area contributed by atoms with Gasteiger partial charge in [-0.25, -0.2) is 0 Å². The Morgan fingerprint density at radius 1 is 0.252 bits per heavy atom. The first-order valence-corrected chi connectivity index (χ1v) is 41.5. The second kappa shape index (κ2) is 33.2. The van der Waals surface area contributed by atoms with Gasteiger partial charge in [-0.15, -0.1) is 0 Å². The molecule has 8 heterocycles. The number of hydrogen-bond acceptors (Lipinski definition) is 12. The molecule has 5 aliphatic rings. The van der Waals surface area contributed by atoms with E-state index in [9.17, 15) is 0 Å². The first-order chi connectivity index (χ1) is 55.7. The Labute approximate surface area is 684 Å². The van der Waals surface area contributed by atoms with Crippen LogP contribution in [0.1, 0.15) is 160 Å². The molecule has 12 nitrogen and oxygen atoms in total. The van der Waals surface area contributed by atoms with E-state index in [-0.39, 0.29) is 18.5 Å². The number of aromatic nitrogens is 4. The quantitative estimate of drug-likeness (QED) is 0.117. The minimum absolute atomic E-state index is 0.0522. The highest BCUT2D eigenvalue weighted by Gasteiger charge is 2.43. The van der Waals surface area contributed by atoms with Crippen LogP contribution in [-0.4, -0.2) is 50.6 Å². The molecule has 1 aliphatic carbocycles. The van der Waals surface area contributed by atoms with Crippen LogP contribution in [0.3, 0.4) is 0 Å². The lowest BCUT2D eigenvalue weighted by molar-refractivity contribution is 0.554. The Balaban J connectivity index is 0.000000122. The van der Waals surface area contributed by atoms with Crippen LogP contribution in [0.2, 0.25) is 0 Å². The number of fused-ring (bicyclic) bond motifs is 4. The number of rotatable bonds is 12. The summed E-state index contributed by atoms with van der Waals surface area (Å²) in [4.78, 5) is 38.4. The van der Waals surface area contributed by atoms with Crippen molar-refractivity contribution in [3.63, 3.8) is 0 Å². The topological polar surface area (TPSA) is 77.5 Å². The van der Waals surface area contributed by atoms with E-state index in [0.29, 0.717) is 24.0 Å². The van der Waals surface area contributed by atoms with Gasteiger partial charge in [0, 0.05) is 47.6 Å². The fourth-order valence-corrected chi connectivity index (χ4v) is 19.1. The van der Waals surface area contributed by atoms with Gasteiger partial charge in [-0.05, 0) is 250 Å². The molecule has 12 heteroatoms. The molecular formula is C103H112N12. The Hall–Kier alpha value is -12.0. The smallest absolute Gasteiger partial charge is 0.108 e. The number of aryl methyl sites for hydroxylation is 10. The highest BCUT2D eigenvalue weighted by atomic mass is 15.5. The number of hydrogen-bond donors (Lipinski definition) is 0. The number of pyridine rings is 4. The molecule has 4 aromatic heterocycles. The van der Waals surface area contributed by atoms with Gasteiger partial charge in [0.15, 0.2) is 0 Å². The summed E-state index contributed by atoms with van der Waals surface area (Å²) in [6.07, 6.45) is 13.7. The molecule has 4 aliphatic heterocycles. The van der Waals surface area contributed by atoms with Crippen molar-refractivity contribution in [2.75, 3.05) is 39.2 Å². The molecule has 0 saturated heterocycles. The van der Waals surface area contributed by atoms with Gasteiger partial charge in [-0.2, -0.15) is 0 Å². The van der Waals surface area contributed by atoms with E-state index in [1.165, 1.54) is 178 Å². The fraction of sp³-hybridized carbons (Fsp3) is 0.282. The van der Waals surface area contributed by atoms with Gasteiger partial charge in [-0.3, -0.25) is 19.9 Å². The third kappa shape index (κ3) is 14.5. The second-order valence-corrected chi connectivity index (χ2v) is 32.4. The molecule has 4 atom stereocenters. The zero-order valence-electron chi connectivity index (χ0n) is 70.6. The zero-order valence-corrected chi connectivity index (χ0v) is 70.6. The number of nitrogens with zero attached hydrogens (tertiary/aromatic N) is 12. The molecule has 1 saturated carbocycles. The number of anilines is 15. The first-order valence-electron chi connectivity index (χ1n) is 41.5.